The van der Waals surface area contributed by atoms with Crippen LogP contribution in [-0.4, -0.2) is 22.8 Å². The number of hydrogen-bond acceptors (Lipinski definition) is 2. The molecular formula is C7H12Cl2N2O. The third-order valence-corrected chi connectivity index (χ3v) is 2.72. The molecule has 1 saturated carbocycles. The highest BCUT2D eigenvalue weighted by atomic mass is 35.5. The van der Waals surface area contributed by atoms with Crippen LogP contribution < -0.4 is 11.1 Å². The molecule has 0 aliphatic heterocycles. The zero-order valence-electron chi connectivity index (χ0n) is 6.81. The third-order valence-electron chi connectivity index (χ3n) is 1.88. The van der Waals surface area contributed by atoms with Crippen molar-refractivity contribution in [3.63, 3.8) is 0 Å². The van der Waals surface area contributed by atoms with E-state index in [1.807, 2.05) is 6.92 Å². The minimum Gasteiger partial charge on any atom is -0.352 e. The molecule has 2 atom stereocenters. The first kappa shape index (κ1) is 10.1. The van der Waals surface area contributed by atoms with Gasteiger partial charge in [-0.15, -0.1) is 23.2 Å². The van der Waals surface area contributed by atoms with Crippen LogP contribution >= 0.6 is 23.2 Å². The summed E-state index contributed by atoms with van der Waals surface area (Å²) >= 11 is 11.4. The molecule has 0 aromatic heterocycles. The van der Waals surface area contributed by atoms with Crippen LogP contribution in [0.1, 0.15) is 13.3 Å². The van der Waals surface area contributed by atoms with Crippen LogP contribution in [0.3, 0.4) is 0 Å². The van der Waals surface area contributed by atoms with Gasteiger partial charge in [0.2, 0.25) is 5.91 Å². The van der Waals surface area contributed by atoms with Gasteiger partial charge in [0.1, 0.15) is 4.33 Å². The molecule has 1 aliphatic carbocycles. The summed E-state index contributed by atoms with van der Waals surface area (Å²) in [5.41, 5.74) is 5.33. The third kappa shape index (κ3) is 2.25. The zero-order chi connectivity index (χ0) is 9.35. The largest absolute Gasteiger partial charge is 0.352 e. The van der Waals surface area contributed by atoms with Crippen LogP contribution in [0.5, 0.6) is 0 Å². The maximum atomic E-state index is 11.3. The molecule has 0 spiro atoms. The molecule has 1 aliphatic rings. The van der Waals surface area contributed by atoms with Gasteiger partial charge in [-0.3, -0.25) is 4.79 Å². The molecule has 70 valence electrons. The molecule has 0 aromatic carbocycles. The Labute approximate surface area is 81.6 Å². The van der Waals surface area contributed by atoms with Crippen molar-refractivity contribution in [3.8, 4) is 0 Å². The molecule has 12 heavy (non-hydrogen) atoms. The van der Waals surface area contributed by atoms with E-state index in [4.69, 9.17) is 28.9 Å². The molecule has 1 rings (SSSR count). The highest BCUT2D eigenvalue weighted by Gasteiger charge is 2.56. The second kappa shape index (κ2) is 3.40. The highest BCUT2D eigenvalue weighted by molar-refractivity contribution is 6.52. The summed E-state index contributed by atoms with van der Waals surface area (Å²) in [5, 5.41) is 2.71. The molecule has 0 aromatic rings. The van der Waals surface area contributed by atoms with Crippen molar-refractivity contribution in [2.45, 2.75) is 23.7 Å². The van der Waals surface area contributed by atoms with Gasteiger partial charge in [-0.2, -0.15) is 0 Å². The molecule has 0 heterocycles. The Morgan fingerprint density at radius 1 is 1.83 bits per heavy atom. The molecule has 3 N–H and O–H groups in total. The lowest BCUT2D eigenvalue weighted by atomic mass is 10.3. The van der Waals surface area contributed by atoms with Crippen LogP contribution in [0.4, 0.5) is 0 Å². The average molecular weight is 211 g/mol. The number of rotatable bonds is 3. The minimum atomic E-state index is -0.835. The van der Waals surface area contributed by atoms with E-state index >= 15 is 0 Å². The van der Waals surface area contributed by atoms with E-state index in [-0.39, 0.29) is 17.9 Å². The normalized spacial score (nSPS) is 27.8. The first-order valence-electron chi connectivity index (χ1n) is 3.85. The number of carbonyl (C=O) groups excluding carboxylic acids is 1. The van der Waals surface area contributed by atoms with Crippen molar-refractivity contribution >= 4 is 29.1 Å². The second-order valence-corrected chi connectivity index (χ2v) is 4.71. The monoisotopic (exact) mass is 210 g/mol. The minimum absolute atomic E-state index is 0.0118. The van der Waals surface area contributed by atoms with Crippen molar-refractivity contribution < 1.29 is 4.79 Å². The summed E-state index contributed by atoms with van der Waals surface area (Å²) in [5.74, 6) is -0.354. The van der Waals surface area contributed by atoms with Crippen LogP contribution in [-0.2, 0) is 4.79 Å². The SMILES string of the molecule is C[C@H](CN)NC(=O)C1CC1(Cl)Cl. The van der Waals surface area contributed by atoms with Gasteiger partial charge in [0.15, 0.2) is 0 Å². The molecule has 5 heteroatoms. The quantitative estimate of drug-likeness (QED) is 0.673. The van der Waals surface area contributed by atoms with E-state index in [0.717, 1.165) is 0 Å². The molecule has 3 nitrogen and oxygen atoms in total. The van der Waals surface area contributed by atoms with E-state index in [0.29, 0.717) is 13.0 Å². The number of alkyl halides is 2. The summed E-state index contributed by atoms with van der Waals surface area (Å²) in [7, 11) is 0. The van der Waals surface area contributed by atoms with Gasteiger partial charge < -0.3 is 11.1 Å². The molecule has 1 unspecified atom stereocenters. The maximum Gasteiger partial charge on any atom is 0.226 e. The number of nitrogens with one attached hydrogen (secondary N) is 1. The molecule has 0 saturated heterocycles. The van der Waals surface area contributed by atoms with Crippen molar-refractivity contribution in [2.75, 3.05) is 6.54 Å². The summed E-state index contributed by atoms with van der Waals surface area (Å²) in [6, 6.07) is -0.0118. The van der Waals surface area contributed by atoms with Gasteiger partial charge in [0.25, 0.3) is 0 Å². The average Bonchev–Trinajstić information content (AvgIpc) is 2.59. The molecule has 1 fully saturated rings. The first-order chi connectivity index (χ1) is 5.47. The lowest BCUT2D eigenvalue weighted by molar-refractivity contribution is -0.122. The number of hydrogen-bond donors (Lipinski definition) is 2. The second-order valence-electron chi connectivity index (χ2n) is 3.16. The Morgan fingerprint density at radius 3 is 2.67 bits per heavy atom. The van der Waals surface area contributed by atoms with Crippen LogP contribution in [0.2, 0.25) is 0 Å². The van der Waals surface area contributed by atoms with Crippen LogP contribution in [0.25, 0.3) is 0 Å². The first-order valence-corrected chi connectivity index (χ1v) is 4.61. The van der Waals surface area contributed by atoms with Gasteiger partial charge in [0, 0.05) is 12.6 Å². The van der Waals surface area contributed by atoms with Gasteiger partial charge in [-0.25, -0.2) is 0 Å². The van der Waals surface area contributed by atoms with Crippen molar-refractivity contribution in [2.24, 2.45) is 11.7 Å². The Morgan fingerprint density at radius 2 is 2.33 bits per heavy atom. The molecular weight excluding hydrogens is 199 g/mol. The number of nitrogens with two attached hydrogens (primary N) is 1. The van der Waals surface area contributed by atoms with Crippen LogP contribution in [0.15, 0.2) is 0 Å². The summed E-state index contributed by atoms with van der Waals surface area (Å²) in [4.78, 5) is 11.3. The van der Waals surface area contributed by atoms with Crippen LogP contribution in [0, 0.1) is 5.92 Å². The molecule has 1 amide bonds. The Balaban J connectivity index is 2.32. The maximum absolute atomic E-state index is 11.3. The fraction of sp³-hybridized carbons (Fsp3) is 0.857. The molecule has 0 bridgehead atoms. The highest BCUT2D eigenvalue weighted by Crippen LogP contribution is 2.53. The summed E-state index contributed by atoms with van der Waals surface area (Å²) < 4.78 is -0.835. The summed E-state index contributed by atoms with van der Waals surface area (Å²) in [6.07, 6.45) is 0.541. The van der Waals surface area contributed by atoms with E-state index in [1.54, 1.807) is 0 Å². The van der Waals surface area contributed by atoms with E-state index in [9.17, 15) is 4.79 Å². The van der Waals surface area contributed by atoms with Crippen molar-refractivity contribution in [1.82, 2.24) is 5.32 Å². The number of amides is 1. The smallest absolute Gasteiger partial charge is 0.226 e. The topological polar surface area (TPSA) is 55.1 Å². The van der Waals surface area contributed by atoms with Gasteiger partial charge in [0.05, 0.1) is 5.92 Å². The fourth-order valence-electron chi connectivity index (χ4n) is 0.900. The van der Waals surface area contributed by atoms with Gasteiger partial charge in [-0.1, -0.05) is 0 Å². The number of halogens is 2. The fourth-order valence-corrected chi connectivity index (χ4v) is 1.41. The predicted octanol–water partition coefficient (Wildman–Crippen LogP) is 0.644. The van der Waals surface area contributed by atoms with E-state index < -0.39 is 4.33 Å². The van der Waals surface area contributed by atoms with Crippen molar-refractivity contribution in [1.29, 1.82) is 0 Å². The lowest BCUT2D eigenvalue weighted by Crippen LogP contribution is -2.39. The lowest BCUT2D eigenvalue weighted by Gasteiger charge is -2.10. The molecule has 0 radical (unpaired) electrons. The van der Waals surface area contributed by atoms with Crippen molar-refractivity contribution in [3.05, 3.63) is 0 Å². The standard InChI is InChI=1S/C7H12Cl2N2O/c1-4(3-10)11-6(12)5-2-7(5,8)9/h4-5H,2-3,10H2,1H3,(H,11,12)/t4-,5?/m1/s1. The summed E-state index contributed by atoms with van der Waals surface area (Å²) in [6.45, 7) is 2.26. The Hall–Kier alpha value is 0.01000. The number of carbonyl (C=O) groups is 1. The van der Waals surface area contributed by atoms with Gasteiger partial charge in [-0.05, 0) is 13.3 Å². The Kier molecular flexibility index (Phi) is 2.86. The van der Waals surface area contributed by atoms with Gasteiger partial charge >= 0.3 is 0 Å². The van der Waals surface area contributed by atoms with E-state index in [2.05, 4.69) is 5.32 Å². The zero-order valence-corrected chi connectivity index (χ0v) is 8.32. The predicted molar refractivity (Wildman–Crippen MR) is 49.2 cm³/mol. The van der Waals surface area contributed by atoms with E-state index in [1.165, 1.54) is 0 Å². The Bertz CT molecular complexity index is 196.